The molecule has 1 aromatic heterocycles. The molecule has 1 N–H and O–H groups in total. The highest BCUT2D eigenvalue weighted by molar-refractivity contribution is 14.1. The first kappa shape index (κ1) is 15.3. The van der Waals surface area contributed by atoms with E-state index in [4.69, 9.17) is 0 Å². The zero-order valence-electron chi connectivity index (χ0n) is 12.5. The number of halogens is 1. The van der Waals surface area contributed by atoms with Gasteiger partial charge in [-0.05, 0) is 72.2 Å². The number of anilines is 2. The van der Waals surface area contributed by atoms with E-state index in [-0.39, 0.29) is 5.91 Å². The number of benzene rings is 1. The molecule has 1 aliphatic heterocycles. The van der Waals surface area contributed by atoms with Gasteiger partial charge >= 0.3 is 0 Å². The van der Waals surface area contributed by atoms with Gasteiger partial charge in [0.05, 0.1) is 5.56 Å². The highest BCUT2D eigenvalue weighted by atomic mass is 127. The summed E-state index contributed by atoms with van der Waals surface area (Å²) in [5.74, 6) is 0.832. The summed E-state index contributed by atoms with van der Waals surface area (Å²) in [4.78, 5) is 18.9. The lowest BCUT2D eigenvalue weighted by Crippen LogP contribution is -2.19. The van der Waals surface area contributed by atoms with Crippen molar-refractivity contribution in [1.82, 2.24) is 4.98 Å². The topological polar surface area (TPSA) is 45.2 Å². The summed E-state index contributed by atoms with van der Waals surface area (Å²) in [5, 5.41) is 2.92. The highest BCUT2D eigenvalue weighted by Gasteiger charge is 2.14. The van der Waals surface area contributed by atoms with Crippen LogP contribution in [0.5, 0.6) is 0 Å². The number of nitrogens with zero attached hydrogens (tertiary/aromatic N) is 2. The SMILES string of the molecule is Cc1ccc(NC(=O)c2ccc(N3CCCC3)nc2)cc1I. The molecule has 1 amide bonds. The van der Waals surface area contributed by atoms with Crippen molar-refractivity contribution in [1.29, 1.82) is 0 Å². The number of pyridine rings is 1. The monoisotopic (exact) mass is 407 g/mol. The summed E-state index contributed by atoms with van der Waals surface area (Å²) in [7, 11) is 0. The fraction of sp³-hybridized carbons (Fsp3) is 0.294. The van der Waals surface area contributed by atoms with E-state index in [0.717, 1.165) is 28.2 Å². The molecule has 0 aliphatic carbocycles. The van der Waals surface area contributed by atoms with E-state index in [0.29, 0.717) is 5.56 Å². The Balaban J connectivity index is 1.70. The van der Waals surface area contributed by atoms with Crippen molar-refractivity contribution in [2.45, 2.75) is 19.8 Å². The molecule has 2 heterocycles. The molecule has 1 aliphatic rings. The lowest BCUT2D eigenvalue weighted by atomic mass is 10.2. The first-order chi connectivity index (χ1) is 10.6. The van der Waals surface area contributed by atoms with Crippen LogP contribution in [0.4, 0.5) is 11.5 Å². The maximum Gasteiger partial charge on any atom is 0.257 e. The minimum absolute atomic E-state index is 0.125. The van der Waals surface area contributed by atoms with Crippen molar-refractivity contribution >= 4 is 40.0 Å². The minimum Gasteiger partial charge on any atom is -0.357 e. The number of hydrogen-bond acceptors (Lipinski definition) is 3. The molecule has 22 heavy (non-hydrogen) atoms. The number of nitrogens with one attached hydrogen (secondary N) is 1. The molecular formula is C17H18IN3O. The average Bonchev–Trinajstić information content (AvgIpc) is 3.05. The van der Waals surface area contributed by atoms with Crippen molar-refractivity contribution in [2.75, 3.05) is 23.3 Å². The van der Waals surface area contributed by atoms with E-state index in [2.05, 4.69) is 37.8 Å². The summed E-state index contributed by atoms with van der Waals surface area (Å²) in [5.41, 5.74) is 2.59. The van der Waals surface area contributed by atoms with Crippen LogP contribution in [0.2, 0.25) is 0 Å². The number of aromatic nitrogens is 1. The van der Waals surface area contributed by atoms with E-state index < -0.39 is 0 Å². The van der Waals surface area contributed by atoms with Gasteiger partial charge in [-0.3, -0.25) is 4.79 Å². The van der Waals surface area contributed by atoms with Crippen molar-refractivity contribution < 1.29 is 4.79 Å². The molecule has 0 unspecified atom stereocenters. The Hall–Kier alpha value is -1.63. The second kappa shape index (κ2) is 6.64. The Morgan fingerprint density at radius 1 is 1.23 bits per heavy atom. The third-order valence-corrected chi connectivity index (χ3v) is 5.03. The number of aryl methyl sites for hydroxylation is 1. The van der Waals surface area contributed by atoms with Crippen molar-refractivity contribution in [3.63, 3.8) is 0 Å². The van der Waals surface area contributed by atoms with Crippen molar-refractivity contribution in [3.8, 4) is 0 Å². The Morgan fingerprint density at radius 2 is 2.00 bits per heavy atom. The van der Waals surface area contributed by atoms with E-state index in [1.807, 2.05) is 37.3 Å². The molecule has 0 spiro atoms. The van der Waals surface area contributed by atoms with Crippen LogP contribution in [0.3, 0.4) is 0 Å². The van der Waals surface area contributed by atoms with Gasteiger partial charge in [-0.15, -0.1) is 0 Å². The molecule has 1 saturated heterocycles. The lowest BCUT2D eigenvalue weighted by molar-refractivity contribution is 0.102. The molecule has 3 rings (SSSR count). The number of carbonyl (C=O) groups excluding carboxylic acids is 1. The van der Waals surface area contributed by atoms with Crippen LogP contribution in [0.1, 0.15) is 28.8 Å². The lowest BCUT2D eigenvalue weighted by Gasteiger charge is -2.16. The maximum atomic E-state index is 12.3. The van der Waals surface area contributed by atoms with E-state index in [1.165, 1.54) is 18.4 Å². The summed E-state index contributed by atoms with van der Waals surface area (Å²) >= 11 is 2.27. The van der Waals surface area contributed by atoms with Gasteiger partial charge < -0.3 is 10.2 Å². The number of rotatable bonds is 3. The quantitative estimate of drug-likeness (QED) is 0.787. The number of hydrogen-bond donors (Lipinski definition) is 1. The number of amides is 1. The van der Waals surface area contributed by atoms with E-state index in [1.54, 1.807) is 6.20 Å². The van der Waals surface area contributed by atoms with Crippen LogP contribution >= 0.6 is 22.6 Å². The predicted molar refractivity (Wildman–Crippen MR) is 97.5 cm³/mol. The molecule has 1 aromatic carbocycles. The molecular weight excluding hydrogens is 389 g/mol. The summed E-state index contributed by atoms with van der Waals surface area (Å²) in [6.45, 7) is 4.16. The van der Waals surface area contributed by atoms with Crippen LogP contribution in [-0.2, 0) is 0 Å². The molecule has 1 fully saturated rings. The first-order valence-electron chi connectivity index (χ1n) is 7.42. The molecule has 0 bridgehead atoms. The van der Waals surface area contributed by atoms with E-state index in [9.17, 15) is 4.79 Å². The summed E-state index contributed by atoms with van der Waals surface area (Å²) in [6.07, 6.45) is 4.09. The number of carbonyl (C=O) groups is 1. The van der Waals surface area contributed by atoms with Gasteiger partial charge in [0.25, 0.3) is 5.91 Å². The summed E-state index contributed by atoms with van der Waals surface area (Å²) < 4.78 is 1.14. The van der Waals surface area contributed by atoms with Gasteiger partial charge in [0, 0.05) is 28.5 Å². The second-order valence-corrected chi connectivity index (χ2v) is 6.68. The molecule has 4 nitrogen and oxygen atoms in total. The van der Waals surface area contributed by atoms with Gasteiger partial charge in [0.2, 0.25) is 0 Å². The van der Waals surface area contributed by atoms with Gasteiger partial charge in [-0.1, -0.05) is 6.07 Å². The first-order valence-corrected chi connectivity index (χ1v) is 8.50. The van der Waals surface area contributed by atoms with Gasteiger partial charge in [-0.2, -0.15) is 0 Å². The zero-order chi connectivity index (χ0) is 15.5. The third kappa shape index (κ3) is 3.40. The Morgan fingerprint density at radius 3 is 2.64 bits per heavy atom. The van der Waals surface area contributed by atoms with Crippen LogP contribution in [0.15, 0.2) is 36.5 Å². The molecule has 0 radical (unpaired) electrons. The smallest absolute Gasteiger partial charge is 0.257 e. The minimum atomic E-state index is -0.125. The Bertz CT molecular complexity index is 679. The predicted octanol–water partition coefficient (Wildman–Crippen LogP) is 3.85. The fourth-order valence-electron chi connectivity index (χ4n) is 2.53. The molecule has 2 aromatic rings. The Labute approximate surface area is 144 Å². The van der Waals surface area contributed by atoms with Crippen LogP contribution in [-0.4, -0.2) is 24.0 Å². The zero-order valence-corrected chi connectivity index (χ0v) is 14.6. The van der Waals surface area contributed by atoms with Crippen molar-refractivity contribution in [2.24, 2.45) is 0 Å². The molecule has 114 valence electrons. The highest BCUT2D eigenvalue weighted by Crippen LogP contribution is 2.19. The normalized spacial score (nSPS) is 14.2. The summed E-state index contributed by atoms with van der Waals surface area (Å²) in [6, 6.07) is 9.67. The van der Waals surface area contributed by atoms with Crippen LogP contribution in [0, 0.1) is 10.5 Å². The van der Waals surface area contributed by atoms with Crippen molar-refractivity contribution in [3.05, 3.63) is 51.2 Å². The third-order valence-electron chi connectivity index (χ3n) is 3.87. The standard InChI is InChI=1S/C17H18IN3O/c1-12-4-6-14(10-15(12)18)20-17(22)13-5-7-16(19-11-13)21-8-2-3-9-21/h4-7,10-11H,2-3,8-9H2,1H3,(H,20,22). The fourth-order valence-corrected chi connectivity index (χ4v) is 3.04. The Kier molecular flexibility index (Phi) is 4.61. The van der Waals surface area contributed by atoms with Gasteiger partial charge in [0.15, 0.2) is 0 Å². The molecule has 0 atom stereocenters. The second-order valence-electron chi connectivity index (χ2n) is 5.52. The van der Waals surface area contributed by atoms with Crippen LogP contribution in [0.25, 0.3) is 0 Å². The van der Waals surface area contributed by atoms with Gasteiger partial charge in [-0.25, -0.2) is 4.98 Å². The van der Waals surface area contributed by atoms with Gasteiger partial charge in [0.1, 0.15) is 5.82 Å². The molecule has 0 saturated carbocycles. The largest absolute Gasteiger partial charge is 0.357 e. The van der Waals surface area contributed by atoms with E-state index >= 15 is 0 Å². The molecule has 5 heteroatoms. The maximum absolute atomic E-state index is 12.3. The average molecular weight is 407 g/mol. The van der Waals surface area contributed by atoms with Crippen LogP contribution < -0.4 is 10.2 Å².